The largest absolute Gasteiger partial charge is 0.497 e. The molecule has 1 fully saturated rings. The van der Waals surface area contributed by atoms with Crippen molar-refractivity contribution in [3.8, 4) is 5.75 Å². The minimum Gasteiger partial charge on any atom is -0.497 e. The normalized spacial score (nSPS) is 14.5. The summed E-state index contributed by atoms with van der Waals surface area (Å²) < 4.78 is 7.18. The molecule has 6 nitrogen and oxygen atoms in total. The Balaban J connectivity index is 1.39. The Morgan fingerprint density at radius 1 is 1.04 bits per heavy atom. The van der Waals surface area contributed by atoms with Crippen LogP contribution in [0.4, 0.5) is 5.69 Å². The van der Waals surface area contributed by atoms with Crippen LogP contribution in [0.25, 0.3) is 11.0 Å². The van der Waals surface area contributed by atoms with E-state index in [0.717, 1.165) is 43.0 Å². The van der Waals surface area contributed by atoms with Crippen molar-refractivity contribution in [2.24, 2.45) is 0 Å². The molecule has 0 unspecified atom stereocenters. The summed E-state index contributed by atoms with van der Waals surface area (Å²) in [5.41, 5.74) is 5.57. The lowest BCUT2D eigenvalue weighted by atomic mass is 10.1. The number of ether oxygens (including phenoxy) is 1. The van der Waals surface area contributed by atoms with Gasteiger partial charge in [-0.2, -0.15) is 0 Å². The van der Waals surface area contributed by atoms with E-state index in [-0.39, 0.29) is 5.91 Å². The van der Waals surface area contributed by atoms with Crippen LogP contribution in [0.3, 0.4) is 0 Å². The Morgan fingerprint density at radius 3 is 2.39 bits per heavy atom. The third-order valence-electron chi connectivity index (χ3n) is 5.61. The summed E-state index contributed by atoms with van der Waals surface area (Å²) in [4.78, 5) is 21.5. The van der Waals surface area contributed by atoms with Crippen molar-refractivity contribution >= 4 is 22.6 Å². The van der Waals surface area contributed by atoms with Crippen molar-refractivity contribution in [2.75, 3.05) is 38.2 Å². The molecule has 28 heavy (non-hydrogen) atoms. The molecule has 4 rings (SSSR count). The molecular formula is C22H26N4O2. The molecular weight excluding hydrogens is 352 g/mol. The Labute approximate surface area is 165 Å². The Kier molecular flexibility index (Phi) is 4.94. The highest BCUT2D eigenvalue weighted by atomic mass is 16.5. The second-order valence-corrected chi connectivity index (χ2v) is 7.36. The smallest absolute Gasteiger partial charge is 0.242 e. The van der Waals surface area contributed by atoms with Crippen LogP contribution in [0.2, 0.25) is 0 Å². The topological polar surface area (TPSA) is 50.6 Å². The highest BCUT2D eigenvalue weighted by molar-refractivity contribution is 5.81. The van der Waals surface area contributed by atoms with Gasteiger partial charge in [0.25, 0.3) is 0 Å². The van der Waals surface area contributed by atoms with Crippen molar-refractivity contribution < 1.29 is 9.53 Å². The predicted molar refractivity (Wildman–Crippen MR) is 111 cm³/mol. The van der Waals surface area contributed by atoms with Gasteiger partial charge in [0.2, 0.25) is 5.91 Å². The fourth-order valence-corrected chi connectivity index (χ4v) is 3.69. The third kappa shape index (κ3) is 3.54. The maximum Gasteiger partial charge on any atom is 0.242 e. The van der Waals surface area contributed by atoms with E-state index < -0.39 is 0 Å². The number of benzene rings is 2. The van der Waals surface area contributed by atoms with Crippen LogP contribution in [0, 0.1) is 13.8 Å². The molecule has 0 atom stereocenters. The van der Waals surface area contributed by atoms with Gasteiger partial charge in [0.1, 0.15) is 12.3 Å². The van der Waals surface area contributed by atoms with Crippen molar-refractivity contribution in [2.45, 2.75) is 20.4 Å². The first kappa shape index (κ1) is 18.3. The monoisotopic (exact) mass is 378 g/mol. The fraction of sp³-hybridized carbons (Fsp3) is 0.364. The van der Waals surface area contributed by atoms with Crippen LogP contribution in [-0.2, 0) is 11.3 Å². The van der Waals surface area contributed by atoms with E-state index in [1.54, 1.807) is 13.4 Å². The molecule has 0 bridgehead atoms. The van der Waals surface area contributed by atoms with E-state index in [1.165, 1.54) is 16.8 Å². The Morgan fingerprint density at radius 2 is 1.71 bits per heavy atom. The zero-order chi connectivity index (χ0) is 19.7. The van der Waals surface area contributed by atoms with Crippen LogP contribution in [0.15, 0.2) is 42.7 Å². The molecule has 6 heteroatoms. The number of piperazine rings is 1. The lowest BCUT2D eigenvalue weighted by Gasteiger charge is -2.36. The summed E-state index contributed by atoms with van der Waals surface area (Å²) in [6.07, 6.45) is 1.77. The van der Waals surface area contributed by atoms with E-state index >= 15 is 0 Å². The van der Waals surface area contributed by atoms with E-state index in [2.05, 4.69) is 48.0 Å². The van der Waals surface area contributed by atoms with Gasteiger partial charge in [-0.15, -0.1) is 0 Å². The van der Waals surface area contributed by atoms with Gasteiger partial charge in [0.05, 0.1) is 24.5 Å². The molecule has 1 amide bonds. The van der Waals surface area contributed by atoms with Crippen LogP contribution < -0.4 is 9.64 Å². The number of nitrogens with zero attached hydrogens (tertiary/aromatic N) is 4. The number of aromatic nitrogens is 2. The fourth-order valence-electron chi connectivity index (χ4n) is 3.69. The molecule has 146 valence electrons. The summed E-state index contributed by atoms with van der Waals surface area (Å²) >= 11 is 0. The average molecular weight is 378 g/mol. The predicted octanol–water partition coefficient (Wildman–Crippen LogP) is 3.01. The first-order valence-electron chi connectivity index (χ1n) is 9.64. The van der Waals surface area contributed by atoms with Gasteiger partial charge in [0.15, 0.2) is 0 Å². The molecule has 0 aliphatic carbocycles. The van der Waals surface area contributed by atoms with Crippen LogP contribution in [0.5, 0.6) is 5.75 Å². The van der Waals surface area contributed by atoms with Crippen LogP contribution in [-0.4, -0.2) is 53.6 Å². The lowest BCUT2D eigenvalue weighted by Crippen LogP contribution is -2.49. The SMILES string of the molecule is COc1ccc(N2CCN(C(=O)Cn3cnc4cc(C)c(C)cc43)CC2)cc1. The molecule has 1 aliphatic rings. The number of carbonyl (C=O) groups is 1. The minimum absolute atomic E-state index is 0.145. The number of fused-ring (bicyclic) bond motifs is 1. The summed E-state index contributed by atoms with van der Waals surface area (Å²) in [6, 6.07) is 12.3. The van der Waals surface area contributed by atoms with Crippen LogP contribution >= 0.6 is 0 Å². The molecule has 3 aromatic rings. The summed E-state index contributed by atoms with van der Waals surface area (Å²) in [5, 5.41) is 0. The van der Waals surface area contributed by atoms with Crippen molar-refractivity contribution in [3.05, 3.63) is 53.9 Å². The maximum atomic E-state index is 12.8. The molecule has 2 aromatic carbocycles. The number of aryl methyl sites for hydroxylation is 2. The summed E-state index contributed by atoms with van der Waals surface area (Å²) in [5.74, 6) is 1.00. The quantitative estimate of drug-likeness (QED) is 0.700. The van der Waals surface area contributed by atoms with Gasteiger partial charge in [0, 0.05) is 31.9 Å². The number of hydrogen-bond donors (Lipinski definition) is 0. The Hall–Kier alpha value is -3.02. The molecule has 2 heterocycles. The second kappa shape index (κ2) is 7.54. The van der Waals surface area contributed by atoms with Crippen LogP contribution in [0.1, 0.15) is 11.1 Å². The van der Waals surface area contributed by atoms with Gasteiger partial charge >= 0.3 is 0 Å². The van der Waals surface area contributed by atoms with E-state index in [9.17, 15) is 4.79 Å². The number of anilines is 1. The first-order valence-corrected chi connectivity index (χ1v) is 9.64. The molecule has 1 saturated heterocycles. The number of methoxy groups -OCH3 is 1. The standard InChI is InChI=1S/C22H26N4O2/c1-16-12-20-21(13-17(16)2)26(15-23-20)14-22(27)25-10-8-24(9-11-25)18-4-6-19(28-3)7-5-18/h4-7,12-13,15H,8-11,14H2,1-3H3. The van der Waals surface area contributed by atoms with E-state index in [0.29, 0.717) is 6.54 Å². The zero-order valence-electron chi connectivity index (χ0n) is 16.7. The molecule has 1 aromatic heterocycles. The molecule has 0 saturated carbocycles. The lowest BCUT2D eigenvalue weighted by molar-refractivity contribution is -0.132. The number of hydrogen-bond acceptors (Lipinski definition) is 4. The summed E-state index contributed by atoms with van der Waals surface area (Å²) in [6.45, 7) is 7.64. The molecule has 1 aliphatic heterocycles. The van der Waals surface area contributed by atoms with E-state index in [1.807, 2.05) is 21.6 Å². The summed E-state index contributed by atoms with van der Waals surface area (Å²) in [7, 11) is 1.67. The average Bonchev–Trinajstić information content (AvgIpc) is 3.10. The van der Waals surface area contributed by atoms with Gasteiger partial charge in [-0.25, -0.2) is 4.98 Å². The van der Waals surface area contributed by atoms with Crippen molar-refractivity contribution in [1.82, 2.24) is 14.5 Å². The third-order valence-corrected chi connectivity index (χ3v) is 5.61. The molecule has 0 radical (unpaired) electrons. The van der Waals surface area contributed by atoms with Gasteiger partial charge in [-0.05, 0) is 61.4 Å². The minimum atomic E-state index is 0.145. The highest BCUT2D eigenvalue weighted by Gasteiger charge is 2.22. The van der Waals surface area contributed by atoms with Crippen molar-refractivity contribution in [3.63, 3.8) is 0 Å². The molecule has 0 N–H and O–H groups in total. The van der Waals surface area contributed by atoms with E-state index in [4.69, 9.17) is 4.74 Å². The highest BCUT2D eigenvalue weighted by Crippen LogP contribution is 2.21. The number of rotatable bonds is 4. The zero-order valence-corrected chi connectivity index (χ0v) is 16.7. The number of amides is 1. The second-order valence-electron chi connectivity index (χ2n) is 7.36. The first-order chi connectivity index (χ1) is 13.5. The Bertz CT molecular complexity index is 986. The maximum absolute atomic E-state index is 12.8. The van der Waals surface area contributed by atoms with Gasteiger partial charge in [-0.1, -0.05) is 0 Å². The molecule has 0 spiro atoms. The van der Waals surface area contributed by atoms with Gasteiger partial charge < -0.3 is 19.1 Å². The number of carbonyl (C=O) groups excluding carboxylic acids is 1. The van der Waals surface area contributed by atoms with Gasteiger partial charge in [-0.3, -0.25) is 4.79 Å². The van der Waals surface area contributed by atoms with Crippen molar-refractivity contribution in [1.29, 1.82) is 0 Å². The number of imidazole rings is 1.